The van der Waals surface area contributed by atoms with Crippen LogP contribution in [0.1, 0.15) is 17.2 Å². The Kier molecular flexibility index (Phi) is 3.64. The zero-order chi connectivity index (χ0) is 11.5. The maximum absolute atomic E-state index is 10.1. The van der Waals surface area contributed by atoms with Crippen molar-refractivity contribution in [2.45, 2.75) is 6.10 Å². The lowest BCUT2D eigenvalue weighted by atomic mass is 10.0. The largest absolute Gasteiger partial charge is 0.384 e. The minimum atomic E-state index is -0.616. The molecule has 0 aromatic heterocycles. The predicted octanol–water partition coefficient (Wildman–Crippen LogP) is 4.18. The van der Waals surface area contributed by atoms with E-state index >= 15 is 0 Å². The van der Waals surface area contributed by atoms with Gasteiger partial charge >= 0.3 is 0 Å². The van der Waals surface area contributed by atoms with Crippen LogP contribution in [0.25, 0.3) is 0 Å². The number of benzene rings is 2. The maximum atomic E-state index is 10.1. The summed E-state index contributed by atoms with van der Waals surface area (Å²) in [5.41, 5.74) is 1.69. The van der Waals surface area contributed by atoms with Gasteiger partial charge in [0.2, 0.25) is 0 Å². The summed E-state index contributed by atoms with van der Waals surface area (Å²) < 4.78 is 0.956. The molecule has 0 aliphatic carbocycles. The summed E-state index contributed by atoms with van der Waals surface area (Å²) in [5, 5.41) is 10.8. The van der Waals surface area contributed by atoms with Crippen LogP contribution >= 0.6 is 27.5 Å². The first kappa shape index (κ1) is 11.6. The third-order valence-electron chi connectivity index (χ3n) is 2.35. The van der Waals surface area contributed by atoms with Crippen LogP contribution in [0.3, 0.4) is 0 Å². The number of aliphatic hydroxyl groups is 1. The van der Waals surface area contributed by atoms with Crippen molar-refractivity contribution in [3.63, 3.8) is 0 Å². The highest BCUT2D eigenvalue weighted by atomic mass is 79.9. The smallest absolute Gasteiger partial charge is 0.104 e. The van der Waals surface area contributed by atoms with Gasteiger partial charge in [-0.15, -0.1) is 0 Å². The molecule has 16 heavy (non-hydrogen) atoms. The molecule has 0 amide bonds. The average Bonchev–Trinajstić information content (AvgIpc) is 2.29. The van der Waals surface area contributed by atoms with Crippen molar-refractivity contribution >= 4 is 27.5 Å². The number of aliphatic hydroxyl groups excluding tert-OH is 1. The molecule has 0 heterocycles. The lowest BCUT2D eigenvalue weighted by Crippen LogP contribution is -1.98. The van der Waals surface area contributed by atoms with Gasteiger partial charge in [-0.2, -0.15) is 0 Å². The first-order chi connectivity index (χ1) is 7.66. The van der Waals surface area contributed by atoms with Gasteiger partial charge in [-0.25, -0.2) is 0 Å². The van der Waals surface area contributed by atoms with Crippen molar-refractivity contribution in [1.29, 1.82) is 0 Å². The third-order valence-corrected chi connectivity index (χ3v) is 3.10. The number of hydrogen-bond acceptors (Lipinski definition) is 1. The molecule has 0 saturated carbocycles. The standard InChI is InChI=1S/C13H10BrClO/c14-11-3-1-2-10(8-11)13(16)9-4-6-12(15)7-5-9/h1-8,13,16H/t13-/m0/s1. The fourth-order valence-corrected chi connectivity index (χ4v) is 2.06. The summed E-state index contributed by atoms with van der Waals surface area (Å²) in [6, 6.07) is 14.8. The number of halogens is 2. The summed E-state index contributed by atoms with van der Waals surface area (Å²) in [5.74, 6) is 0. The summed E-state index contributed by atoms with van der Waals surface area (Å²) in [6.45, 7) is 0. The highest BCUT2D eigenvalue weighted by Gasteiger charge is 2.09. The molecule has 2 aromatic carbocycles. The first-order valence-corrected chi connectivity index (χ1v) is 6.03. The molecular formula is C13H10BrClO. The molecule has 0 bridgehead atoms. The minimum Gasteiger partial charge on any atom is -0.384 e. The molecule has 0 fully saturated rings. The van der Waals surface area contributed by atoms with E-state index in [-0.39, 0.29) is 0 Å². The molecule has 0 aliphatic rings. The van der Waals surface area contributed by atoms with E-state index in [4.69, 9.17) is 11.6 Å². The molecule has 0 saturated heterocycles. The Morgan fingerprint density at radius 3 is 2.31 bits per heavy atom. The van der Waals surface area contributed by atoms with E-state index in [1.54, 1.807) is 12.1 Å². The Balaban J connectivity index is 2.31. The molecule has 0 unspecified atom stereocenters. The van der Waals surface area contributed by atoms with E-state index in [0.717, 1.165) is 15.6 Å². The molecule has 0 aliphatic heterocycles. The van der Waals surface area contributed by atoms with E-state index in [2.05, 4.69) is 15.9 Å². The van der Waals surface area contributed by atoms with E-state index in [1.807, 2.05) is 36.4 Å². The van der Waals surface area contributed by atoms with Crippen LogP contribution < -0.4 is 0 Å². The first-order valence-electron chi connectivity index (χ1n) is 4.86. The monoisotopic (exact) mass is 296 g/mol. The van der Waals surface area contributed by atoms with Gasteiger partial charge in [0.05, 0.1) is 0 Å². The molecule has 1 atom stereocenters. The second-order valence-electron chi connectivity index (χ2n) is 3.51. The fourth-order valence-electron chi connectivity index (χ4n) is 1.51. The molecular weight excluding hydrogens is 287 g/mol. The van der Waals surface area contributed by atoms with E-state index < -0.39 is 6.10 Å². The molecule has 82 valence electrons. The van der Waals surface area contributed by atoms with Crippen molar-refractivity contribution in [1.82, 2.24) is 0 Å². The van der Waals surface area contributed by atoms with Crippen LogP contribution in [-0.4, -0.2) is 5.11 Å². The highest BCUT2D eigenvalue weighted by Crippen LogP contribution is 2.25. The molecule has 2 aromatic rings. The predicted molar refractivity (Wildman–Crippen MR) is 69.7 cm³/mol. The van der Waals surface area contributed by atoms with Gasteiger partial charge in [-0.05, 0) is 35.4 Å². The Morgan fingerprint density at radius 2 is 1.69 bits per heavy atom. The highest BCUT2D eigenvalue weighted by molar-refractivity contribution is 9.10. The Labute approximate surface area is 108 Å². The van der Waals surface area contributed by atoms with E-state index in [1.165, 1.54) is 0 Å². The molecule has 0 spiro atoms. The average molecular weight is 298 g/mol. The van der Waals surface area contributed by atoms with Crippen LogP contribution in [0.15, 0.2) is 53.0 Å². The zero-order valence-electron chi connectivity index (χ0n) is 8.40. The molecule has 0 radical (unpaired) electrons. The molecule has 1 nitrogen and oxygen atoms in total. The molecule has 2 rings (SSSR count). The van der Waals surface area contributed by atoms with Crippen molar-refractivity contribution in [2.24, 2.45) is 0 Å². The van der Waals surface area contributed by atoms with Crippen LogP contribution in [0.2, 0.25) is 5.02 Å². The second kappa shape index (κ2) is 5.00. The van der Waals surface area contributed by atoms with Gasteiger partial charge in [0.25, 0.3) is 0 Å². The third kappa shape index (κ3) is 2.64. The van der Waals surface area contributed by atoms with Gasteiger partial charge < -0.3 is 5.11 Å². The topological polar surface area (TPSA) is 20.2 Å². The minimum absolute atomic E-state index is 0.616. The Bertz CT molecular complexity index is 482. The van der Waals surface area contributed by atoms with Crippen molar-refractivity contribution in [3.05, 3.63) is 69.2 Å². The maximum Gasteiger partial charge on any atom is 0.104 e. The van der Waals surface area contributed by atoms with Gasteiger partial charge in [0.1, 0.15) is 6.10 Å². The summed E-state index contributed by atoms with van der Waals surface area (Å²) in [4.78, 5) is 0. The number of rotatable bonds is 2. The van der Waals surface area contributed by atoms with Crippen molar-refractivity contribution in [2.75, 3.05) is 0 Å². The summed E-state index contributed by atoms with van der Waals surface area (Å²) in [6.07, 6.45) is -0.616. The van der Waals surface area contributed by atoms with Crippen LogP contribution in [0.5, 0.6) is 0 Å². The lowest BCUT2D eigenvalue weighted by Gasteiger charge is -2.11. The van der Waals surface area contributed by atoms with E-state index in [0.29, 0.717) is 5.02 Å². The SMILES string of the molecule is O[C@@H](c1ccc(Cl)cc1)c1cccc(Br)c1. The summed E-state index contributed by atoms with van der Waals surface area (Å²) in [7, 11) is 0. The zero-order valence-corrected chi connectivity index (χ0v) is 10.7. The van der Waals surface area contributed by atoms with Gasteiger partial charge in [-0.3, -0.25) is 0 Å². The molecule has 3 heteroatoms. The van der Waals surface area contributed by atoms with Crippen LogP contribution in [-0.2, 0) is 0 Å². The van der Waals surface area contributed by atoms with Crippen LogP contribution in [0, 0.1) is 0 Å². The number of hydrogen-bond donors (Lipinski definition) is 1. The van der Waals surface area contributed by atoms with Crippen LogP contribution in [0.4, 0.5) is 0 Å². The Hall–Kier alpha value is -0.830. The summed E-state index contributed by atoms with van der Waals surface area (Å²) >= 11 is 9.18. The molecule has 1 N–H and O–H groups in total. The van der Waals surface area contributed by atoms with Crippen molar-refractivity contribution < 1.29 is 5.11 Å². The fraction of sp³-hybridized carbons (Fsp3) is 0.0769. The van der Waals surface area contributed by atoms with Gasteiger partial charge in [0.15, 0.2) is 0 Å². The van der Waals surface area contributed by atoms with Gasteiger partial charge in [-0.1, -0.05) is 51.8 Å². The normalized spacial score (nSPS) is 12.4. The Morgan fingerprint density at radius 1 is 1.00 bits per heavy atom. The second-order valence-corrected chi connectivity index (χ2v) is 4.86. The lowest BCUT2D eigenvalue weighted by molar-refractivity contribution is 0.220. The van der Waals surface area contributed by atoms with Gasteiger partial charge in [0, 0.05) is 9.50 Å². The quantitative estimate of drug-likeness (QED) is 0.881. The van der Waals surface area contributed by atoms with Crippen molar-refractivity contribution in [3.8, 4) is 0 Å². The van der Waals surface area contributed by atoms with E-state index in [9.17, 15) is 5.11 Å².